The van der Waals surface area contributed by atoms with Gasteiger partial charge in [0.2, 0.25) is 5.91 Å². The monoisotopic (exact) mass is 306 g/mol. The SMILES string of the molecule is O=C1CN(c2ccnnc2)Cc2ccc(-n3ccnc3)cc2N1. The molecule has 0 saturated heterocycles. The lowest BCUT2D eigenvalue weighted by molar-refractivity contribution is -0.114. The van der Waals surface area contributed by atoms with Crippen molar-refractivity contribution < 1.29 is 4.79 Å². The van der Waals surface area contributed by atoms with Crippen LogP contribution in [0.2, 0.25) is 0 Å². The second-order valence-electron chi connectivity index (χ2n) is 5.32. The number of rotatable bonds is 2. The Hall–Kier alpha value is -3.22. The quantitative estimate of drug-likeness (QED) is 0.778. The molecular weight excluding hydrogens is 292 g/mol. The van der Waals surface area contributed by atoms with Gasteiger partial charge in [0.05, 0.1) is 31.0 Å². The average Bonchev–Trinajstić information content (AvgIpc) is 3.05. The summed E-state index contributed by atoms with van der Waals surface area (Å²) in [6, 6.07) is 7.85. The van der Waals surface area contributed by atoms with Gasteiger partial charge in [-0.2, -0.15) is 10.2 Å². The highest BCUT2D eigenvalue weighted by atomic mass is 16.2. The maximum Gasteiger partial charge on any atom is 0.243 e. The molecule has 3 heterocycles. The van der Waals surface area contributed by atoms with Crippen molar-refractivity contribution in [2.24, 2.45) is 0 Å². The minimum atomic E-state index is -0.0525. The molecule has 0 aliphatic carbocycles. The summed E-state index contributed by atoms with van der Waals surface area (Å²) < 4.78 is 1.90. The molecule has 0 fully saturated rings. The third-order valence-electron chi connectivity index (χ3n) is 3.80. The molecule has 1 aromatic carbocycles. The molecule has 0 spiro atoms. The van der Waals surface area contributed by atoms with Crippen molar-refractivity contribution in [2.75, 3.05) is 16.8 Å². The standard InChI is InChI=1S/C16H14N6O/c23-16-10-22(14-3-4-18-19-8-14)9-12-1-2-13(7-15(12)20-16)21-6-5-17-11-21/h1-8,11H,9-10H2,(H,20,23). The molecule has 1 aliphatic rings. The molecule has 1 aliphatic heterocycles. The highest BCUT2D eigenvalue weighted by Gasteiger charge is 2.20. The van der Waals surface area contributed by atoms with Gasteiger partial charge in [0.25, 0.3) is 0 Å². The highest BCUT2D eigenvalue weighted by molar-refractivity contribution is 5.96. The number of amides is 1. The van der Waals surface area contributed by atoms with E-state index in [4.69, 9.17) is 0 Å². The van der Waals surface area contributed by atoms with Crippen LogP contribution in [0.25, 0.3) is 5.69 Å². The van der Waals surface area contributed by atoms with Crippen LogP contribution in [0.5, 0.6) is 0 Å². The minimum Gasteiger partial charge on any atom is -0.356 e. The van der Waals surface area contributed by atoms with Crippen molar-refractivity contribution >= 4 is 17.3 Å². The van der Waals surface area contributed by atoms with Crippen molar-refractivity contribution in [3.8, 4) is 5.69 Å². The van der Waals surface area contributed by atoms with Gasteiger partial charge in [0.1, 0.15) is 0 Å². The molecule has 1 amide bonds. The van der Waals surface area contributed by atoms with Gasteiger partial charge in [-0.1, -0.05) is 6.07 Å². The van der Waals surface area contributed by atoms with Gasteiger partial charge in [0, 0.05) is 30.3 Å². The van der Waals surface area contributed by atoms with Crippen molar-refractivity contribution in [1.29, 1.82) is 0 Å². The van der Waals surface area contributed by atoms with Crippen LogP contribution in [0.15, 0.2) is 55.4 Å². The second-order valence-corrected chi connectivity index (χ2v) is 5.32. The number of anilines is 2. The molecule has 1 N–H and O–H groups in total. The van der Waals surface area contributed by atoms with Crippen LogP contribution in [0.3, 0.4) is 0 Å². The molecule has 0 atom stereocenters. The molecule has 0 saturated carbocycles. The largest absolute Gasteiger partial charge is 0.356 e. The number of carbonyl (C=O) groups excluding carboxylic acids is 1. The number of aromatic nitrogens is 4. The summed E-state index contributed by atoms with van der Waals surface area (Å²) >= 11 is 0. The molecule has 23 heavy (non-hydrogen) atoms. The maximum absolute atomic E-state index is 12.2. The molecule has 0 unspecified atom stereocenters. The Kier molecular flexibility index (Phi) is 3.23. The summed E-state index contributed by atoms with van der Waals surface area (Å²) in [5, 5.41) is 10.6. The number of benzene rings is 1. The van der Waals surface area contributed by atoms with E-state index in [1.807, 2.05) is 39.9 Å². The van der Waals surface area contributed by atoms with Gasteiger partial charge >= 0.3 is 0 Å². The van der Waals surface area contributed by atoms with Crippen molar-refractivity contribution in [2.45, 2.75) is 6.54 Å². The Morgan fingerprint density at radius 2 is 2.00 bits per heavy atom. The molecule has 3 aromatic rings. The first kappa shape index (κ1) is 13.4. The van der Waals surface area contributed by atoms with E-state index in [0.717, 1.165) is 22.6 Å². The smallest absolute Gasteiger partial charge is 0.243 e. The fourth-order valence-corrected chi connectivity index (χ4v) is 2.67. The first-order valence-corrected chi connectivity index (χ1v) is 7.22. The maximum atomic E-state index is 12.2. The Morgan fingerprint density at radius 3 is 2.78 bits per heavy atom. The number of nitrogens with zero attached hydrogens (tertiary/aromatic N) is 5. The molecule has 0 radical (unpaired) electrons. The van der Waals surface area contributed by atoms with Crippen LogP contribution in [-0.4, -0.2) is 32.2 Å². The first-order valence-electron chi connectivity index (χ1n) is 7.22. The van der Waals surface area contributed by atoms with E-state index in [1.165, 1.54) is 0 Å². The summed E-state index contributed by atoms with van der Waals surface area (Å²) in [7, 11) is 0. The normalized spacial score (nSPS) is 14.1. The van der Waals surface area contributed by atoms with E-state index in [-0.39, 0.29) is 12.5 Å². The van der Waals surface area contributed by atoms with E-state index in [9.17, 15) is 4.79 Å². The lowest BCUT2D eigenvalue weighted by atomic mass is 10.1. The van der Waals surface area contributed by atoms with Gasteiger partial charge in [-0.25, -0.2) is 4.98 Å². The van der Waals surface area contributed by atoms with Crippen molar-refractivity contribution in [1.82, 2.24) is 19.7 Å². The van der Waals surface area contributed by atoms with Crippen LogP contribution in [0.4, 0.5) is 11.4 Å². The Labute approximate surface area is 132 Å². The van der Waals surface area contributed by atoms with Gasteiger partial charge in [-0.3, -0.25) is 4.79 Å². The predicted molar refractivity (Wildman–Crippen MR) is 85.3 cm³/mol. The lowest BCUT2D eigenvalue weighted by Gasteiger charge is -2.21. The first-order chi connectivity index (χ1) is 11.3. The van der Waals surface area contributed by atoms with Gasteiger partial charge in [-0.15, -0.1) is 0 Å². The average molecular weight is 306 g/mol. The van der Waals surface area contributed by atoms with E-state index >= 15 is 0 Å². The van der Waals surface area contributed by atoms with Gasteiger partial charge < -0.3 is 14.8 Å². The van der Waals surface area contributed by atoms with Gasteiger partial charge in [-0.05, 0) is 23.8 Å². The zero-order chi connectivity index (χ0) is 15.6. The minimum absolute atomic E-state index is 0.0525. The number of carbonyl (C=O) groups is 1. The van der Waals surface area contributed by atoms with E-state index in [0.29, 0.717) is 6.54 Å². The summed E-state index contributed by atoms with van der Waals surface area (Å²) in [5.74, 6) is -0.0525. The number of nitrogens with one attached hydrogen (secondary N) is 1. The third kappa shape index (κ3) is 2.64. The van der Waals surface area contributed by atoms with Crippen LogP contribution in [0, 0.1) is 0 Å². The van der Waals surface area contributed by atoms with Crippen molar-refractivity contribution in [3.05, 3.63) is 60.9 Å². The Bertz CT molecular complexity index is 831. The fourth-order valence-electron chi connectivity index (χ4n) is 2.67. The molecule has 4 rings (SSSR count). The number of hydrogen-bond donors (Lipinski definition) is 1. The number of hydrogen-bond acceptors (Lipinski definition) is 5. The molecule has 114 valence electrons. The summed E-state index contributed by atoms with van der Waals surface area (Å²) in [6.45, 7) is 0.907. The zero-order valence-corrected chi connectivity index (χ0v) is 12.3. The summed E-state index contributed by atoms with van der Waals surface area (Å²) in [5.41, 5.74) is 3.71. The number of imidazole rings is 1. The summed E-state index contributed by atoms with van der Waals surface area (Å²) in [6.07, 6.45) is 8.62. The van der Waals surface area contributed by atoms with Crippen LogP contribution in [0.1, 0.15) is 5.56 Å². The molecule has 0 bridgehead atoms. The van der Waals surface area contributed by atoms with E-state index < -0.39 is 0 Å². The van der Waals surface area contributed by atoms with E-state index in [2.05, 4.69) is 20.5 Å². The molecule has 7 heteroatoms. The van der Waals surface area contributed by atoms with Crippen molar-refractivity contribution in [3.63, 3.8) is 0 Å². The van der Waals surface area contributed by atoms with Crippen LogP contribution >= 0.6 is 0 Å². The fraction of sp³-hybridized carbons (Fsp3) is 0.125. The molecular formula is C16H14N6O. The zero-order valence-electron chi connectivity index (χ0n) is 12.3. The topological polar surface area (TPSA) is 75.9 Å². The van der Waals surface area contributed by atoms with E-state index in [1.54, 1.807) is 24.9 Å². The number of fused-ring (bicyclic) bond motifs is 1. The second kappa shape index (κ2) is 5.53. The Balaban J connectivity index is 1.70. The Morgan fingerprint density at radius 1 is 1.04 bits per heavy atom. The van der Waals surface area contributed by atoms with Crippen LogP contribution in [-0.2, 0) is 11.3 Å². The highest BCUT2D eigenvalue weighted by Crippen LogP contribution is 2.26. The third-order valence-corrected chi connectivity index (χ3v) is 3.80. The lowest BCUT2D eigenvalue weighted by Crippen LogP contribution is -2.29. The predicted octanol–water partition coefficient (Wildman–Crippen LogP) is 1.62. The van der Waals surface area contributed by atoms with Crippen LogP contribution < -0.4 is 10.2 Å². The van der Waals surface area contributed by atoms with Gasteiger partial charge in [0.15, 0.2) is 0 Å². The molecule has 7 nitrogen and oxygen atoms in total. The summed E-state index contributed by atoms with van der Waals surface area (Å²) in [4.78, 5) is 18.2. The molecule has 2 aromatic heterocycles.